The molecule has 1 rings (SSSR count). The van der Waals surface area contributed by atoms with Gasteiger partial charge in [-0.2, -0.15) is 0 Å². The molecule has 0 heterocycles. The summed E-state index contributed by atoms with van der Waals surface area (Å²) in [6.45, 7) is 1.89. The molecule has 88 valence electrons. The smallest absolute Gasteiger partial charge is 0.224 e. The second-order valence-corrected chi connectivity index (χ2v) is 3.78. The molecule has 0 radical (unpaired) electrons. The monoisotopic (exact) mass is 225 g/mol. The Morgan fingerprint density at radius 3 is 2.62 bits per heavy atom. The molecule has 0 aliphatic carbocycles. The zero-order valence-corrected chi connectivity index (χ0v) is 9.24. The largest absolute Gasteiger partial charge is 0.396 e. The topological polar surface area (TPSA) is 49.3 Å². The Labute approximate surface area is 94.3 Å². The van der Waals surface area contributed by atoms with Gasteiger partial charge in [0.1, 0.15) is 5.82 Å². The van der Waals surface area contributed by atoms with E-state index in [1.807, 2.05) is 6.92 Å². The van der Waals surface area contributed by atoms with Crippen LogP contribution in [0.4, 0.5) is 4.39 Å². The minimum Gasteiger partial charge on any atom is -0.396 e. The van der Waals surface area contributed by atoms with Crippen LogP contribution in [-0.2, 0) is 11.2 Å². The van der Waals surface area contributed by atoms with Gasteiger partial charge in [0.2, 0.25) is 5.91 Å². The van der Waals surface area contributed by atoms with Crippen molar-refractivity contribution in [1.82, 2.24) is 5.32 Å². The summed E-state index contributed by atoms with van der Waals surface area (Å²) >= 11 is 0. The molecule has 4 heteroatoms. The van der Waals surface area contributed by atoms with E-state index in [-0.39, 0.29) is 30.8 Å². The molecule has 1 amide bonds. The van der Waals surface area contributed by atoms with Gasteiger partial charge in [0.15, 0.2) is 0 Å². The quantitative estimate of drug-likeness (QED) is 0.792. The van der Waals surface area contributed by atoms with Crippen LogP contribution in [0.15, 0.2) is 24.3 Å². The Morgan fingerprint density at radius 2 is 2.06 bits per heavy atom. The van der Waals surface area contributed by atoms with Crippen LogP contribution in [0, 0.1) is 5.82 Å². The lowest BCUT2D eigenvalue weighted by Crippen LogP contribution is -2.34. The Balaban J connectivity index is 2.42. The third-order valence-corrected chi connectivity index (χ3v) is 2.25. The number of aliphatic hydroxyl groups is 1. The van der Waals surface area contributed by atoms with E-state index in [9.17, 15) is 9.18 Å². The first kappa shape index (κ1) is 12.6. The fourth-order valence-corrected chi connectivity index (χ4v) is 1.38. The van der Waals surface area contributed by atoms with E-state index in [0.29, 0.717) is 6.42 Å². The van der Waals surface area contributed by atoms with Crippen molar-refractivity contribution in [2.24, 2.45) is 0 Å². The summed E-state index contributed by atoms with van der Waals surface area (Å²) in [6.07, 6.45) is 0.769. The molecule has 3 nitrogen and oxygen atoms in total. The molecule has 0 aliphatic heterocycles. The van der Waals surface area contributed by atoms with Crippen molar-refractivity contribution in [3.8, 4) is 0 Å². The summed E-state index contributed by atoms with van der Waals surface area (Å²) in [6, 6.07) is 5.80. The summed E-state index contributed by atoms with van der Waals surface area (Å²) in [5, 5.41) is 11.4. The molecule has 2 N–H and O–H groups in total. The first-order valence-electron chi connectivity index (χ1n) is 5.26. The van der Waals surface area contributed by atoms with E-state index >= 15 is 0 Å². The average Bonchev–Trinajstić information content (AvgIpc) is 2.21. The summed E-state index contributed by atoms with van der Waals surface area (Å²) in [5.74, 6) is -0.426. The molecular formula is C12H16FNO2. The zero-order valence-electron chi connectivity index (χ0n) is 9.24. The molecule has 1 aromatic carbocycles. The second kappa shape index (κ2) is 6.23. The van der Waals surface area contributed by atoms with E-state index in [1.165, 1.54) is 12.1 Å². The molecule has 0 fully saturated rings. The number of carbonyl (C=O) groups is 1. The van der Waals surface area contributed by atoms with Gasteiger partial charge in [0, 0.05) is 12.6 Å². The average molecular weight is 225 g/mol. The highest BCUT2D eigenvalue weighted by Gasteiger charge is 2.07. The number of halogens is 1. The van der Waals surface area contributed by atoms with Crippen molar-refractivity contribution in [3.05, 3.63) is 35.6 Å². The van der Waals surface area contributed by atoms with Gasteiger partial charge in [-0.25, -0.2) is 4.39 Å². The minimum absolute atomic E-state index is 0.0436. The van der Waals surface area contributed by atoms with Crippen molar-refractivity contribution in [3.63, 3.8) is 0 Å². The third-order valence-electron chi connectivity index (χ3n) is 2.25. The van der Waals surface area contributed by atoms with E-state index < -0.39 is 0 Å². The highest BCUT2D eigenvalue weighted by atomic mass is 19.1. The van der Waals surface area contributed by atoms with Crippen LogP contribution in [0.2, 0.25) is 0 Å². The van der Waals surface area contributed by atoms with Crippen molar-refractivity contribution in [2.45, 2.75) is 25.8 Å². The first-order valence-corrected chi connectivity index (χ1v) is 5.26. The maximum atomic E-state index is 12.6. The molecule has 0 saturated heterocycles. The second-order valence-electron chi connectivity index (χ2n) is 3.78. The molecule has 1 unspecified atom stereocenters. The number of hydrogen-bond acceptors (Lipinski definition) is 2. The highest BCUT2D eigenvalue weighted by molar-refractivity contribution is 5.78. The van der Waals surface area contributed by atoms with Crippen molar-refractivity contribution < 1.29 is 14.3 Å². The van der Waals surface area contributed by atoms with Crippen molar-refractivity contribution in [1.29, 1.82) is 0 Å². The summed E-state index contributed by atoms with van der Waals surface area (Å²) in [4.78, 5) is 11.5. The van der Waals surface area contributed by atoms with Crippen LogP contribution in [0.1, 0.15) is 18.9 Å². The van der Waals surface area contributed by atoms with Gasteiger partial charge in [-0.15, -0.1) is 0 Å². The summed E-state index contributed by atoms with van der Waals surface area (Å²) < 4.78 is 12.6. The predicted molar refractivity (Wildman–Crippen MR) is 59.4 cm³/mol. The van der Waals surface area contributed by atoms with E-state index in [4.69, 9.17) is 5.11 Å². The number of nitrogens with one attached hydrogen (secondary N) is 1. The Kier molecular flexibility index (Phi) is 4.92. The molecule has 16 heavy (non-hydrogen) atoms. The Morgan fingerprint density at radius 1 is 1.44 bits per heavy atom. The number of benzene rings is 1. The molecule has 0 bridgehead atoms. The Hall–Kier alpha value is -1.42. The lowest BCUT2D eigenvalue weighted by Gasteiger charge is -2.12. The normalized spacial score (nSPS) is 12.2. The van der Waals surface area contributed by atoms with Gasteiger partial charge >= 0.3 is 0 Å². The molecule has 1 atom stereocenters. The van der Waals surface area contributed by atoms with Crippen molar-refractivity contribution in [2.75, 3.05) is 6.61 Å². The van der Waals surface area contributed by atoms with Crippen molar-refractivity contribution >= 4 is 5.91 Å². The number of amides is 1. The van der Waals surface area contributed by atoms with E-state index in [0.717, 1.165) is 5.56 Å². The molecule has 0 aromatic heterocycles. The minimum atomic E-state index is -0.308. The van der Waals surface area contributed by atoms with Gasteiger partial charge in [-0.1, -0.05) is 12.1 Å². The van der Waals surface area contributed by atoms with Gasteiger partial charge in [0.05, 0.1) is 6.42 Å². The maximum absolute atomic E-state index is 12.6. The van der Waals surface area contributed by atoms with E-state index in [1.54, 1.807) is 12.1 Å². The molecular weight excluding hydrogens is 209 g/mol. The lowest BCUT2D eigenvalue weighted by atomic mass is 10.1. The number of rotatable bonds is 5. The number of aliphatic hydroxyl groups excluding tert-OH is 1. The van der Waals surface area contributed by atoms with Gasteiger partial charge in [0.25, 0.3) is 0 Å². The van der Waals surface area contributed by atoms with Gasteiger partial charge in [-0.3, -0.25) is 4.79 Å². The van der Waals surface area contributed by atoms with Crippen LogP contribution in [0.25, 0.3) is 0 Å². The summed E-state index contributed by atoms with van der Waals surface area (Å²) in [7, 11) is 0. The fourth-order valence-electron chi connectivity index (χ4n) is 1.38. The maximum Gasteiger partial charge on any atom is 0.224 e. The molecule has 0 aliphatic rings. The van der Waals surface area contributed by atoms with Crippen LogP contribution < -0.4 is 5.32 Å². The SMILES string of the molecule is CC(CCO)NC(=O)Cc1ccc(F)cc1. The van der Waals surface area contributed by atoms with Crippen LogP contribution >= 0.6 is 0 Å². The fraction of sp³-hybridized carbons (Fsp3) is 0.417. The lowest BCUT2D eigenvalue weighted by molar-refractivity contribution is -0.121. The van der Waals surface area contributed by atoms with E-state index in [2.05, 4.69) is 5.32 Å². The molecule has 1 aromatic rings. The number of carbonyl (C=O) groups excluding carboxylic acids is 1. The standard InChI is InChI=1S/C12H16FNO2/c1-9(6-7-15)14-12(16)8-10-2-4-11(13)5-3-10/h2-5,9,15H,6-8H2,1H3,(H,14,16). The first-order chi connectivity index (χ1) is 7.61. The highest BCUT2D eigenvalue weighted by Crippen LogP contribution is 2.03. The predicted octanol–water partition coefficient (Wildman–Crippen LogP) is 1.26. The van der Waals surface area contributed by atoms with Crippen LogP contribution in [0.3, 0.4) is 0 Å². The van der Waals surface area contributed by atoms with Gasteiger partial charge in [-0.05, 0) is 31.0 Å². The van der Waals surface area contributed by atoms with Crippen LogP contribution in [-0.4, -0.2) is 23.7 Å². The molecule has 0 saturated carbocycles. The number of hydrogen-bond donors (Lipinski definition) is 2. The third kappa shape index (κ3) is 4.40. The molecule has 0 spiro atoms. The van der Waals surface area contributed by atoms with Gasteiger partial charge < -0.3 is 10.4 Å². The van der Waals surface area contributed by atoms with Crippen LogP contribution in [0.5, 0.6) is 0 Å². The summed E-state index contributed by atoms with van der Waals surface area (Å²) in [5.41, 5.74) is 0.773. The Bertz CT molecular complexity index is 337. The zero-order chi connectivity index (χ0) is 12.0.